The molecule has 148 valence electrons. The number of anilines is 1. The molecule has 1 atom stereocenters. The van der Waals surface area contributed by atoms with Gasteiger partial charge in [0.05, 0.1) is 12.8 Å². The summed E-state index contributed by atoms with van der Waals surface area (Å²) in [6, 6.07) is 23.2. The third-order valence-electron chi connectivity index (χ3n) is 5.35. The van der Waals surface area contributed by atoms with E-state index in [0.717, 1.165) is 33.7 Å². The number of ether oxygens (including phenoxy) is 1. The predicted octanol–water partition coefficient (Wildman–Crippen LogP) is 4.26. The van der Waals surface area contributed by atoms with Gasteiger partial charge >= 0.3 is 0 Å². The van der Waals surface area contributed by atoms with Gasteiger partial charge in [0.1, 0.15) is 11.9 Å². The van der Waals surface area contributed by atoms with Crippen LogP contribution in [0.2, 0.25) is 0 Å². The molecular weight excluding hydrogens is 376 g/mol. The van der Waals surface area contributed by atoms with Gasteiger partial charge < -0.3 is 10.1 Å². The van der Waals surface area contributed by atoms with Crippen LogP contribution in [0, 0.1) is 6.92 Å². The van der Waals surface area contributed by atoms with Crippen molar-refractivity contribution in [3.8, 4) is 28.4 Å². The van der Waals surface area contributed by atoms with Gasteiger partial charge in [-0.3, -0.25) is 4.79 Å². The normalized spacial score (nSPS) is 14.4. The standard InChI is InChI=1S/C24H20N4O2/c1-15-7-6-10-19-20(15)25-22(17-11-13-18(30-2)14-12-17)28-23(19)26-24(29)21(27-28)16-8-4-3-5-9-16/h3-14,22,25H,1-2H3/t22-/m1/s1. The molecule has 3 aromatic carbocycles. The van der Waals surface area contributed by atoms with Crippen molar-refractivity contribution in [2.24, 2.45) is 0 Å². The van der Waals surface area contributed by atoms with Gasteiger partial charge in [0.15, 0.2) is 11.5 Å². The molecule has 0 saturated carbocycles. The van der Waals surface area contributed by atoms with Crippen LogP contribution in [0.25, 0.3) is 22.6 Å². The molecule has 30 heavy (non-hydrogen) atoms. The Labute approximate surface area is 173 Å². The van der Waals surface area contributed by atoms with E-state index in [1.54, 1.807) is 11.8 Å². The maximum Gasteiger partial charge on any atom is 0.300 e. The number of hydrogen-bond acceptors (Lipinski definition) is 5. The number of nitrogens with zero attached hydrogens (tertiary/aromatic N) is 3. The minimum atomic E-state index is -0.338. The largest absolute Gasteiger partial charge is 0.497 e. The van der Waals surface area contributed by atoms with E-state index in [0.29, 0.717) is 11.5 Å². The average molecular weight is 396 g/mol. The molecular formula is C24H20N4O2. The number of para-hydroxylation sites is 1. The molecule has 2 heterocycles. The SMILES string of the molecule is COc1ccc([C@@H]2Nc3c(C)cccc3-c3nc(=O)c(-c4ccccc4)nn32)cc1. The lowest BCUT2D eigenvalue weighted by Crippen LogP contribution is -2.32. The van der Waals surface area contributed by atoms with Crippen LogP contribution in [0.4, 0.5) is 5.69 Å². The minimum Gasteiger partial charge on any atom is -0.497 e. The number of benzene rings is 3. The van der Waals surface area contributed by atoms with E-state index >= 15 is 0 Å². The van der Waals surface area contributed by atoms with Gasteiger partial charge in [-0.2, -0.15) is 10.1 Å². The lowest BCUT2D eigenvalue weighted by Gasteiger charge is -2.31. The summed E-state index contributed by atoms with van der Waals surface area (Å²) < 4.78 is 7.10. The van der Waals surface area contributed by atoms with E-state index in [9.17, 15) is 4.79 Å². The predicted molar refractivity (Wildman–Crippen MR) is 117 cm³/mol. The monoisotopic (exact) mass is 396 g/mol. The highest BCUT2D eigenvalue weighted by Gasteiger charge is 2.29. The Balaban J connectivity index is 1.75. The summed E-state index contributed by atoms with van der Waals surface area (Å²) in [7, 11) is 1.64. The Morgan fingerprint density at radius 3 is 2.47 bits per heavy atom. The summed E-state index contributed by atoms with van der Waals surface area (Å²) >= 11 is 0. The second kappa shape index (κ2) is 7.15. The second-order valence-corrected chi connectivity index (χ2v) is 7.22. The fourth-order valence-electron chi connectivity index (χ4n) is 3.79. The van der Waals surface area contributed by atoms with Crippen molar-refractivity contribution < 1.29 is 4.74 Å². The van der Waals surface area contributed by atoms with E-state index in [2.05, 4.69) is 10.3 Å². The molecule has 6 nitrogen and oxygen atoms in total. The number of fused-ring (bicyclic) bond motifs is 3. The van der Waals surface area contributed by atoms with Crippen LogP contribution in [0.1, 0.15) is 17.3 Å². The zero-order valence-electron chi connectivity index (χ0n) is 16.7. The molecule has 1 aliphatic rings. The first-order chi connectivity index (χ1) is 14.7. The van der Waals surface area contributed by atoms with Crippen LogP contribution in [0.15, 0.2) is 77.6 Å². The van der Waals surface area contributed by atoms with Gasteiger partial charge in [-0.1, -0.05) is 54.6 Å². The maximum absolute atomic E-state index is 12.9. The fourth-order valence-corrected chi connectivity index (χ4v) is 3.79. The Bertz CT molecular complexity index is 1280. The first-order valence-corrected chi connectivity index (χ1v) is 9.72. The molecule has 4 aromatic rings. The quantitative estimate of drug-likeness (QED) is 0.560. The molecule has 0 saturated heterocycles. The van der Waals surface area contributed by atoms with Crippen molar-refractivity contribution in [1.82, 2.24) is 14.8 Å². The van der Waals surface area contributed by atoms with Crippen molar-refractivity contribution in [2.75, 3.05) is 12.4 Å². The van der Waals surface area contributed by atoms with E-state index in [-0.39, 0.29) is 11.7 Å². The molecule has 0 amide bonds. The average Bonchev–Trinajstić information content (AvgIpc) is 2.79. The highest BCUT2D eigenvalue weighted by Crippen LogP contribution is 2.38. The van der Waals surface area contributed by atoms with Crippen molar-refractivity contribution in [3.63, 3.8) is 0 Å². The zero-order chi connectivity index (χ0) is 20.7. The number of nitrogens with one attached hydrogen (secondary N) is 1. The molecule has 1 N–H and O–H groups in total. The molecule has 0 radical (unpaired) electrons. The summed E-state index contributed by atoms with van der Waals surface area (Å²) in [6.07, 6.45) is -0.310. The first-order valence-electron chi connectivity index (χ1n) is 9.72. The highest BCUT2D eigenvalue weighted by atomic mass is 16.5. The van der Waals surface area contributed by atoms with Crippen LogP contribution in [-0.4, -0.2) is 21.9 Å². The van der Waals surface area contributed by atoms with Crippen LogP contribution >= 0.6 is 0 Å². The second-order valence-electron chi connectivity index (χ2n) is 7.22. The van der Waals surface area contributed by atoms with Gasteiger partial charge in [-0.25, -0.2) is 4.68 Å². The molecule has 0 spiro atoms. The van der Waals surface area contributed by atoms with Crippen LogP contribution < -0.4 is 15.6 Å². The van der Waals surface area contributed by atoms with Crippen LogP contribution in [-0.2, 0) is 0 Å². The Kier molecular flexibility index (Phi) is 4.32. The van der Waals surface area contributed by atoms with Crippen LogP contribution in [0.5, 0.6) is 5.75 Å². The van der Waals surface area contributed by atoms with Crippen molar-refractivity contribution >= 4 is 5.69 Å². The third kappa shape index (κ3) is 2.93. The first kappa shape index (κ1) is 18.1. The number of rotatable bonds is 3. The number of aryl methyl sites for hydroxylation is 1. The zero-order valence-corrected chi connectivity index (χ0v) is 16.7. The molecule has 1 aromatic heterocycles. The van der Waals surface area contributed by atoms with Gasteiger partial charge in [0.25, 0.3) is 5.56 Å². The number of methoxy groups -OCH3 is 1. The molecule has 6 heteroatoms. The molecule has 0 bridgehead atoms. The van der Waals surface area contributed by atoms with Gasteiger partial charge in [-0.15, -0.1) is 0 Å². The molecule has 0 fully saturated rings. The fraction of sp³-hybridized carbons (Fsp3) is 0.125. The number of hydrogen-bond donors (Lipinski definition) is 1. The third-order valence-corrected chi connectivity index (χ3v) is 5.35. The molecule has 5 rings (SSSR count). The summed E-state index contributed by atoms with van der Waals surface area (Å²) in [5.41, 5.74) is 4.63. The van der Waals surface area contributed by atoms with Gasteiger partial charge in [0.2, 0.25) is 0 Å². The summed E-state index contributed by atoms with van der Waals surface area (Å²) in [6.45, 7) is 2.04. The van der Waals surface area contributed by atoms with Crippen LogP contribution in [0.3, 0.4) is 0 Å². The van der Waals surface area contributed by atoms with Crippen molar-refractivity contribution in [3.05, 3.63) is 94.3 Å². The van der Waals surface area contributed by atoms with Crippen molar-refractivity contribution in [1.29, 1.82) is 0 Å². The van der Waals surface area contributed by atoms with E-state index in [1.165, 1.54) is 0 Å². The topological polar surface area (TPSA) is 69.0 Å². The maximum atomic E-state index is 12.9. The Morgan fingerprint density at radius 1 is 0.967 bits per heavy atom. The summed E-state index contributed by atoms with van der Waals surface area (Å²) in [5.74, 6) is 1.33. The van der Waals surface area contributed by atoms with Gasteiger partial charge in [-0.05, 0) is 36.2 Å². The van der Waals surface area contributed by atoms with E-state index in [4.69, 9.17) is 9.84 Å². The summed E-state index contributed by atoms with van der Waals surface area (Å²) in [5, 5.41) is 8.35. The Hall–Kier alpha value is -3.93. The molecule has 0 aliphatic carbocycles. The molecule has 1 aliphatic heterocycles. The lowest BCUT2D eigenvalue weighted by atomic mass is 10.0. The lowest BCUT2D eigenvalue weighted by molar-refractivity contribution is 0.414. The minimum absolute atomic E-state index is 0.310. The van der Waals surface area contributed by atoms with E-state index in [1.807, 2.05) is 79.7 Å². The Morgan fingerprint density at radius 2 is 1.73 bits per heavy atom. The highest BCUT2D eigenvalue weighted by molar-refractivity contribution is 5.79. The number of aromatic nitrogens is 3. The van der Waals surface area contributed by atoms with E-state index < -0.39 is 0 Å². The smallest absolute Gasteiger partial charge is 0.300 e. The molecule has 0 unspecified atom stereocenters. The summed E-state index contributed by atoms with van der Waals surface area (Å²) in [4.78, 5) is 17.4. The van der Waals surface area contributed by atoms with Crippen molar-refractivity contribution in [2.45, 2.75) is 13.1 Å². The van der Waals surface area contributed by atoms with Gasteiger partial charge in [0, 0.05) is 11.1 Å².